The molecule has 2 aliphatic rings. The van der Waals surface area contributed by atoms with Gasteiger partial charge in [-0.2, -0.15) is 0 Å². The lowest BCUT2D eigenvalue weighted by Gasteiger charge is -2.40. The van der Waals surface area contributed by atoms with Crippen LogP contribution in [0.25, 0.3) is 0 Å². The van der Waals surface area contributed by atoms with E-state index in [0.717, 1.165) is 6.42 Å². The standard InChI is InChI=1S/C12H22O5/c1-7-3-4-8(13)10(7)17-12(16)9(14)5-6-11(12,2)15/h7-10,13-16H,3-6H2,1-2H3. The van der Waals surface area contributed by atoms with E-state index in [1.807, 2.05) is 6.92 Å². The zero-order chi connectivity index (χ0) is 12.8. The molecule has 0 heterocycles. The first-order chi connectivity index (χ1) is 7.78. The predicted octanol–water partition coefficient (Wildman–Crippen LogP) is -0.243. The normalized spacial score (nSPS) is 55.4. The average molecular weight is 246 g/mol. The van der Waals surface area contributed by atoms with Gasteiger partial charge in [-0.25, -0.2) is 0 Å². The van der Waals surface area contributed by atoms with E-state index >= 15 is 0 Å². The maximum Gasteiger partial charge on any atom is 0.221 e. The van der Waals surface area contributed by atoms with Crippen molar-refractivity contribution in [1.29, 1.82) is 0 Å². The molecule has 2 rings (SSSR count). The first-order valence-electron chi connectivity index (χ1n) is 6.26. The number of hydrogen-bond donors (Lipinski definition) is 4. The quantitative estimate of drug-likeness (QED) is 0.505. The highest BCUT2D eigenvalue weighted by molar-refractivity contribution is 5.03. The maximum absolute atomic E-state index is 10.4. The number of ether oxygens (including phenoxy) is 1. The Morgan fingerprint density at radius 1 is 1.12 bits per heavy atom. The Bertz CT molecular complexity index is 283. The van der Waals surface area contributed by atoms with Gasteiger partial charge >= 0.3 is 0 Å². The summed E-state index contributed by atoms with van der Waals surface area (Å²) in [4.78, 5) is 0. The van der Waals surface area contributed by atoms with Crippen LogP contribution in [0.15, 0.2) is 0 Å². The SMILES string of the molecule is CC1CCC(O)C1OC1(O)C(O)CCC1(C)O. The van der Waals surface area contributed by atoms with Crippen LogP contribution in [0.4, 0.5) is 0 Å². The average Bonchev–Trinajstić information content (AvgIpc) is 2.65. The second kappa shape index (κ2) is 4.17. The number of aliphatic hydroxyl groups is 4. The molecule has 0 bridgehead atoms. The largest absolute Gasteiger partial charge is 0.390 e. The predicted molar refractivity (Wildman–Crippen MR) is 60.1 cm³/mol. The van der Waals surface area contributed by atoms with Crippen LogP contribution in [-0.4, -0.2) is 50.1 Å². The van der Waals surface area contributed by atoms with Crippen molar-refractivity contribution in [3.05, 3.63) is 0 Å². The third-order valence-electron chi connectivity index (χ3n) is 4.30. The lowest BCUT2D eigenvalue weighted by atomic mass is 9.97. The molecule has 0 aromatic rings. The number of rotatable bonds is 2. The summed E-state index contributed by atoms with van der Waals surface area (Å²) >= 11 is 0. The molecule has 0 amide bonds. The van der Waals surface area contributed by atoms with Crippen LogP contribution in [0, 0.1) is 5.92 Å². The molecular formula is C12H22O5. The molecular weight excluding hydrogens is 224 g/mol. The fraction of sp³-hybridized carbons (Fsp3) is 1.00. The molecule has 2 aliphatic carbocycles. The van der Waals surface area contributed by atoms with Gasteiger partial charge in [0, 0.05) is 0 Å². The van der Waals surface area contributed by atoms with Gasteiger partial charge < -0.3 is 25.2 Å². The summed E-state index contributed by atoms with van der Waals surface area (Å²) in [6.07, 6.45) is -0.266. The van der Waals surface area contributed by atoms with Crippen molar-refractivity contribution in [2.75, 3.05) is 0 Å². The molecule has 4 N–H and O–H groups in total. The van der Waals surface area contributed by atoms with Crippen molar-refractivity contribution in [3.8, 4) is 0 Å². The molecule has 100 valence electrons. The van der Waals surface area contributed by atoms with E-state index in [2.05, 4.69) is 0 Å². The van der Waals surface area contributed by atoms with Crippen molar-refractivity contribution >= 4 is 0 Å². The molecule has 0 saturated heterocycles. The van der Waals surface area contributed by atoms with E-state index < -0.39 is 29.7 Å². The first kappa shape index (κ1) is 13.2. The van der Waals surface area contributed by atoms with Gasteiger partial charge in [0.15, 0.2) is 0 Å². The summed E-state index contributed by atoms with van der Waals surface area (Å²) in [6.45, 7) is 3.38. The van der Waals surface area contributed by atoms with Gasteiger partial charge in [0.1, 0.15) is 11.7 Å². The van der Waals surface area contributed by atoms with Gasteiger partial charge in [0.2, 0.25) is 5.79 Å². The monoisotopic (exact) mass is 246 g/mol. The molecule has 6 atom stereocenters. The zero-order valence-corrected chi connectivity index (χ0v) is 10.3. The van der Waals surface area contributed by atoms with E-state index in [-0.39, 0.29) is 12.3 Å². The molecule has 5 nitrogen and oxygen atoms in total. The Labute approximate surface area is 101 Å². The van der Waals surface area contributed by atoms with E-state index in [0.29, 0.717) is 12.8 Å². The fourth-order valence-corrected chi connectivity index (χ4v) is 2.90. The molecule has 0 aliphatic heterocycles. The van der Waals surface area contributed by atoms with E-state index in [1.165, 1.54) is 6.92 Å². The smallest absolute Gasteiger partial charge is 0.221 e. The van der Waals surface area contributed by atoms with Crippen LogP contribution in [0.3, 0.4) is 0 Å². The summed E-state index contributed by atoms with van der Waals surface area (Å²) < 4.78 is 5.52. The molecule has 2 fully saturated rings. The van der Waals surface area contributed by atoms with E-state index in [9.17, 15) is 20.4 Å². The molecule has 0 radical (unpaired) electrons. The lowest BCUT2D eigenvalue weighted by molar-refractivity contribution is -0.335. The molecule has 0 spiro atoms. The summed E-state index contributed by atoms with van der Waals surface area (Å²) in [5.74, 6) is -1.87. The van der Waals surface area contributed by atoms with Gasteiger partial charge in [0.05, 0.1) is 12.2 Å². The van der Waals surface area contributed by atoms with Gasteiger partial charge in [-0.3, -0.25) is 0 Å². The topological polar surface area (TPSA) is 90.2 Å². The minimum Gasteiger partial charge on any atom is -0.390 e. The van der Waals surface area contributed by atoms with Crippen LogP contribution >= 0.6 is 0 Å². The summed E-state index contributed by atoms with van der Waals surface area (Å²) in [6, 6.07) is 0. The minimum absolute atomic E-state index is 0.109. The highest BCUT2D eigenvalue weighted by Gasteiger charge is 2.59. The van der Waals surface area contributed by atoms with Crippen LogP contribution in [0.2, 0.25) is 0 Å². The lowest BCUT2D eigenvalue weighted by Crippen LogP contribution is -2.58. The fourth-order valence-electron chi connectivity index (χ4n) is 2.90. The second-order valence-corrected chi connectivity index (χ2v) is 5.73. The third kappa shape index (κ3) is 2.00. The number of aliphatic hydroxyl groups excluding tert-OH is 2. The van der Waals surface area contributed by atoms with Crippen molar-refractivity contribution in [3.63, 3.8) is 0 Å². The highest BCUT2D eigenvalue weighted by Crippen LogP contribution is 2.43. The van der Waals surface area contributed by atoms with Gasteiger partial charge in [0.25, 0.3) is 0 Å². The molecule has 0 aromatic carbocycles. The van der Waals surface area contributed by atoms with Crippen molar-refractivity contribution in [2.24, 2.45) is 5.92 Å². The molecule has 17 heavy (non-hydrogen) atoms. The van der Waals surface area contributed by atoms with Crippen LogP contribution in [0.1, 0.15) is 39.5 Å². The van der Waals surface area contributed by atoms with Crippen LogP contribution in [0.5, 0.6) is 0 Å². The maximum atomic E-state index is 10.4. The van der Waals surface area contributed by atoms with Gasteiger partial charge in [-0.1, -0.05) is 6.92 Å². The van der Waals surface area contributed by atoms with E-state index in [4.69, 9.17) is 4.74 Å². The Kier molecular flexibility index (Phi) is 3.25. The Balaban J connectivity index is 2.16. The first-order valence-corrected chi connectivity index (χ1v) is 6.26. The Morgan fingerprint density at radius 2 is 1.76 bits per heavy atom. The third-order valence-corrected chi connectivity index (χ3v) is 4.30. The summed E-state index contributed by atoms with van der Waals surface area (Å²) in [5.41, 5.74) is -1.48. The summed E-state index contributed by atoms with van der Waals surface area (Å²) in [5, 5.41) is 40.0. The molecule has 6 unspecified atom stereocenters. The van der Waals surface area contributed by atoms with Gasteiger partial charge in [-0.05, 0) is 38.5 Å². The summed E-state index contributed by atoms with van der Waals surface area (Å²) in [7, 11) is 0. The van der Waals surface area contributed by atoms with Crippen molar-refractivity contribution in [1.82, 2.24) is 0 Å². The minimum atomic E-state index is -1.97. The Morgan fingerprint density at radius 3 is 2.18 bits per heavy atom. The Hall–Kier alpha value is -0.200. The van der Waals surface area contributed by atoms with Gasteiger partial charge in [-0.15, -0.1) is 0 Å². The van der Waals surface area contributed by atoms with Crippen molar-refractivity contribution in [2.45, 2.75) is 69.2 Å². The second-order valence-electron chi connectivity index (χ2n) is 5.73. The highest BCUT2D eigenvalue weighted by atomic mass is 16.7. The molecule has 5 heteroatoms. The molecule has 2 saturated carbocycles. The van der Waals surface area contributed by atoms with E-state index in [1.54, 1.807) is 0 Å². The van der Waals surface area contributed by atoms with Crippen LogP contribution in [-0.2, 0) is 4.74 Å². The van der Waals surface area contributed by atoms with Crippen molar-refractivity contribution < 1.29 is 25.2 Å². The molecule has 0 aromatic heterocycles. The van der Waals surface area contributed by atoms with Crippen LogP contribution < -0.4 is 0 Å². The zero-order valence-electron chi connectivity index (χ0n) is 10.3. The number of hydrogen-bond acceptors (Lipinski definition) is 5.